The van der Waals surface area contributed by atoms with Gasteiger partial charge in [-0.2, -0.15) is 0 Å². The van der Waals surface area contributed by atoms with Crippen LogP contribution in [0.15, 0.2) is 78.9 Å². The molecule has 0 saturated carbocycles. The van der Waals surface area contributed by atoms with Gasteiger partial charge >= 0.3 is 0 Å². The molecule has 0 amide bonds. The summed E-state index contributed by atoms with van der Waals surface area (Å²) in [6.07, 6.45) is 0. The number of nitrogens with zero attached hydrogens (tertiary/aromatic N) is 2. The van der Waals surface area contributed by atoms with Crippen molar-refractivity contribution in [2.45, 2.75) is 13.8 Å². The number of pyridine rings is 2. The Hall–Kier alpha value is -4.06. The monoisotopic (exact) mass is 400 g/mol. The van der Waals surface area contributed by atoms with E-state index >= 15 is 0 Å². The Bertz CT molecular complexity index is 1020. The normalized spacial score (nSPS) is 10.5. The van der Waals surface area contributed by atoms with Crippen molar-refractivity contribution in [2.24, 2.45) is 0 Å². The van der Waals surface area contributed by atoms with Gasteiger partial charge in [0, 0.05) is 47.8 Å². The number of hydrogen-bond donors (Lipinski definition) is 1. The highest BCUT2D eigenvalue weighted by molar-refractivity contribution is 5.46. The number of hydrogen-bond acceptors (Lipinski definition) is 6. The first kappa shape index (κ1) is 19.3. The highest BCUT2D eigenvalue weighted by Crippen LogP contribution is 2.35. The van der Waals surface area contributed by atoms with Crippen molar-refractivity contribution in [1.82, 2.24) is 9.97 Å². The predicted molar refractivity (Wildman–Crippen MR) is 113 cm³/mol. The summed E-state index contributed by atoms with van der Waals surface area (Å²) in [5.74, 6) is 2.99. The molecule has 0 bridgehead atoms. The second-order valence-corrected chi connectivity index (χ2v) is 6.68. The number of benzene rings is 2. The van der Waals surface area contributed by atoms with Crippen LogP contribution in [-0.4, -0.2) is 15.1 Å². The Morgan fingerprint density at radius 2 is 1.07 bits per heavy atom. The zero-order chi connectivity index (χ0) is 20.9. The van der Waals surface area contributed by atoms with Crippen molar-refractivity contribution in [1.29, 1.82) is 0 Å². The zero-order valence-corrected chi connectivity index (χ0v) is 16.6. The SMILES string of the molecule is Cc1cccc(Oc2cc(Oc3cccc(O)c3)cc(Oc3cccc(C)n3)c2)n1. The molecule has 2 heterocycles. The van der Waals surface area contributed by atoms with E-state index in [9.17, 15) is 5.11 Å². The minimum absolute atomic E-state index is 0.115. The van der Waals surface area contributed by atoms with E-state index in [1.54, 1.807) is 48.5 Å². The minimum Gasteiger partial charge on any atom is -0.508 e. The molecule has 0 radical (unpaired) electrons. The minimum atomic E-state index is 0.115. The van der Waals surface area contributed by atoms with Crippen LogP contribution in [0.2, 0.25) is 0 Å². The third kappa shape index (κ3) is 5.05. The lowest BCUT2D eigenvalue weighted by Gasteiger charge is -2.12. The molecule has 0 saturated heterocycles. The summed E-state index contributed by atoms with van der Waals surface area (Å²) < 4.78 is 17.7. The van der Waals surface area contributed by atoms with Crippen LogP contribution in [0.25, 0.3) is 0 Å². The quantitative estimate of drug-likeness (QED) is 0.417. The van der Waals surface area contributed by atoms with Gasteiger partial charge in [-0.15, -0.1) is 0 Å². The molecule has 0 aliphatic heterocycles. The van der Waals surface area contributed by atoms with E-state index in [0.717, 1.165) is 11.4 Å². The molecular formula is C24H20N2O4. The molecule has 2 aromatic heterocycles. The molecule has 0 aliphatic rings. The van der Waals surface area contributed by atoms with E-state index in [2.05, 4.69) is 9.97 Å². The summed E-state index contributed by atoms with van der Waals surface area (Å²) in [7, 11) is 0. The van der Waals surface area contributed by atoms with Crippen molar-refractivity contribution in [3.63, 3.8) is 0 Å². The number of aromatic hydroxyl groups is 1. The van der Waals surface area contributed by atoms with Gasteiger partial charge in [0.25, 0.3) is 0 Å². The number of phenolic OH excluding ortho intramolecular Hbond substituents is 1. The average Bonchev–Trinajstić information content (AvgIpc) is 2.68. The first-order valence-corrected chi connectivity index (χ1v) is 9.38. The lowest BCUT2D eigenvalue weighted by atomic mass is 10.3. The summed E-state index contributed by atoms with van der Waals surface area (Å²) in [6, 6.07) is 22.8. The number of aryl methyl sites for hydroxylation is 2. The van der Waals surface area contributed by atoms with Gasteiger partial charge < -0.3 is 19.3 Å². The van der Waals surface area contributed by atoms with Crippen LogP contribution in [0, 0.1) is 13.8 Å². The summed E-state index contributed by atoms with van der Waals surface area (Å²) in [4.78, 5) is 8.74. The Labute approximate surface area is 174 Å². The average molecular weight is 400 g/mol. The maximum absolute atomic E-state index is 9.70. The van der Waals surface area contributed by atoms with Gasteiger partial charge in [0.05, 0.1) is 0 Å². The van der Waals surface area contributed by atoms with Gasteiger partial charge in [0.1, 0.15) is 28.7 Å². The van der Waals surface area contributed by atoms with E-state index in [0.29, 0.717) is 34.8 Å². The molecule has 6 heteroatoms. The number of phenols is 1. The van der Waals surface area contributed by atoms with Crippen molar-refractivity contribution < 1.29 is 19.3 Å². The number of aromatic nitrogens is 2. The van der Waals surface area contributed by atoms with E-state index in [-0.39, 0.29) is 5.75 Å². The van der Waals surface area contributed by atoms with Crippen LogP contribution in [0.5, 0.6) is 40.5 Å². The fourth-order valence-electron chi connectivity index (χ4n) is 2.80. The van der Waals surface area contributed by atoms with Crippen molar-refractivity contribution >= 4 is 0 Å². The Kier molecular flexibility index (Phi) is 5.48. The van der Waals surface area contributed by atoms with Crippen molar-refractivity contribution in [2.75, 3.05) is 0 Å². The molecule has 0 atom stereocenters. The summed E-state index contributed by atoms with van der Waals surface area (Å²) in [5.41, 5.74) is 1.69. The van der Waals surface area contributed by atoms with Crippen LogP contribution in [-0.2, 0) is 0 Å². The fourth-order valence-corrected chi connectivity index (χ4v) is 2.80. The van der Waals surface area contributed by atoms with E-state index in [1.165, 1.54) is 6.07 Å². The Balaban J connectivity index is 1.67. The molecule has 4 rings (SSSR count). The third-order valence-corrected chi connectivity index (χ3v) is 4.08. The Morgan fingerprint density at radius 3 is 1.57 bits per heavy atom. The largest absolute Gasteiger partial charge is 0.508 e. The summed E-state index contributed by atoms with van der Waals surface area (Å²) >= 11 is 0. The van der Waals surface area contributed by atoms with Crippen molar-refractivity contribution in [3.8, 4) is 40.5 Å². The molecule has 6 nitrogen and oxygen atoms in total. The predicted octanol–water partition coefficient (Wildman–Crippen LogP) is 6.18. The standard InChI is InChI=1S/C24H20N2O4/c1-16-6-3-10-23(25-16)29-21-13-20(28-19-9-5-8-18(27)12-19)14-22(15-21)30-24-11-4-7-17(2)26-24/h3-15,27H,1-2H3. The third-order valence-electron chi connectivity index (χ3n) is 4.08. The molecule has 4 aromatic rings. The second-order valence-electron chi connectivity index (χ2n) is 6.68. The maximum atomic E-state index is 9.70. The van der Waals surface area contributed by atoms with Crippen molar-refractivity contribution in [3.05, 3.63) is 90.3 Å². The fraction of sp³-hybridized carbons (Fsp3) is 0.0833. The molecule has 0 unspecified atom stereocenters. The first-order chi connectivity index (χ1) is 14.5. The number of rotatable bonds is 6. The van der Waals surface area contributed by atoms with E-state index in [1.807, 2.05) is 38.1 Å². The van der Waals surface area contributed by atoms with Gasteiger partial charge in [-0.25, -0.2) is 9.97 Å². The van der Waals surface area contributed by atoms with Gasteiger partial charge in [0.15, 0.2) is 0 Å². The molecular weight excluding hydrogens is 380 g/mol. The van der Waals surface area contributed by atoms with Crippen LogP contribution >= 0.6 is 0 Å². The lowest BCUT2D eigenvalue weighted by Crippen LogP contribution is -1.94. The lowest BCUT2D eigenvalue weighted by molar-refractivity contribution is 0.424. The van der Waals surface area contributed by atoms with Crippen LogP contribution < -0.4 is 14.2 Å². The molecule has 0 fully saturated rings. The van der Waals surface area contributed by atoms with Gasteiger partial charge in [0.2, 0.25) is 11.8 Å². The van der Waals surface area contributed by atoms with Gasteiger partial charge in [-0.3, -0.25) is 0 Å². The zero-order valence-electron chi connectivity index (χ0n) is 16.6. The molecule has 0 spiro atoms. The van der Waals surface area contributed by atoms with Gasteiger partial charge in [-0.1, -0.05) is 18.2 Å². The highest BCUT2D eigenvalue weighted by Gasteiger charge is 2.09. The van der Waals surface area contributed by atoms with Crippen LogP contribution in [0.4, 0.5) is 0 Å². The van der Waals surface area contributed by atoms with E-state index < -0.39 is 0 Å². The summed E-state index contributed by atoms with van der Waals surface area (Å²) in [6.45, 7) is 3.79. The van der Waals surface area contributed by atoms with Crippen LogP contribution in [0.3, 0.4) is 0 Å². The second kappa shape index (κ2) is 8.53. The first-order valence-electron chi connectivity index (χ1n) is 9.38. The molecule has 30 heavy (non-hydrogen) atoms. The smallest absolute Gasteiger partial charge is 0.219 e. The van der Waals surface area contributed by atoms with E-state index in [4.69, 9.17) is 14.2 Å². The Morgan fingerprint density at radius 1 is 0.567 bits per heavy atom. The maximum Gasteiger partial charge on any atom is 0.219 e. The van der Waals surface area contributed by atoms with Gasteiger partial charge in [-0.05, 0) is 38.1 Å². The molecule has 1 N–H and O–H groups in total. The summed E-state index contributed by atoms with van der Waals surface area (Å²) in [5, 5.41) is 9.70. The molecule has 150 valence electrons. The highest BCUT2D eigenvalue weighted by atomic mass is 16.5. The molecule has 0 aliphatic carbocycles. The topological polar surface area (TPSA) is 73.7 Å². The number of ether oxygens (including phenoxy) is 3. The van der Waals surface area contributed by atoms with Crippen LogP contribution in [0.1, 0.15) is 11.4 Å². The molecule has 2 aromatic carbocycles.